The summed E-state index contributed by atoms with van der Waals surface area (Å²) in [6, 6.07) is -0.748. The maximum absolute atomic E-state index is 13.9. The predicted molar refractivity (Wildman–Crippen MR) is 76.0 cm³/mol. The summed E-state index contributed by atoms with van der Waals surface area (Å²) in [5.41, 5.74) is -0.648. The Kier molecular flexibility index (Phi) is 4.89. The lowest BCUT2D eigenvalue weighted by Crippen LogP contribution is -2.54. The third-order valence-corrected chi connectivity index (χ3v) is 3.53. The Morgan fingerprint density at radius 3 is 2.36 bits per heavy atom. The number of alkyl halides is 2. The summed E-state index contributed by atoms with van der Waals surface area (Å²) in [6.07, 6.45) is -2.80. The molecule has 0 spiro atoms. The molecule has 22 heavy (non-hydrogen) atoms. The van der Waals surface area contributed by atoms with Crippen molar-refractivity contribution < 1.29 is 23.1 Å². The average molecular weight is 319 g/mol. The highest BCUT2D eigenvalue weighted by Crippen LogP contribution is 2.18. The minimum Gasteiger partial charge on any atom is -0.444 e. The topological polar surface area (TPSA) is 61.9 Å². The molecule has 2 rings (SSSR count). The first kappa shape index (κ1) is 16.9. The summed E-state index contributed by atoms with van der Waals surface area (Å²) in [5.74, 6) is -0.356. The fourth-order valence-electron chi connectivity index (χ4n) is 2.47. The number of nitrogens with zero attached hydrogens (tertiary/aromatic N) is 2. The number of halogens is 2. The van der Waals surface area contributed by atoms with E-state index in [1.54, 1.807) is 25.7 Å². The van der Waals surface area contributed by atoms with Gasteiger partial charge in [0.25, 0.3) is 0 Å². The van der Waals surface area contributed by atoms with Crippen LogP contribution in [0.5, 0.6) is 0 Å². The second-order valence-corrected chi connectivity index (χ2v) is 6.87. The van der Waals surface area contributed by atoms with Crippen molar-refractivity contribution in [2.45, 2.75) is 44.8 Å². The van der Waals surface area contributed by atoms with Gasteiger partial charge >= 0.3 is 6.09 Å². The van der Waals surface area contributed by atoms with Gasteiger partial charge in [-0.3, -0.25) is 9.69 Å². The van der Waals surface area contributed by atoms with Gasteiger partial charge in [-0.2, -0.15) is 0 Å². The van der Waals surface area contributed by atoms with E-state index < -0.39 is 30.1 Å². The van der Waals surface area contributed by atoms with Gasteiger partial charge in [-0.05, 0) is 20.8 Å². The minimum atomic E-state index is -1.33. The Morgan fingerprint density at radius 2 is 1.82 bits per heavy atom. The first-order valence-electron chi connectivity index (χ1n) is 7.42. The van der Waals surface area contributed by atoms with Crippen molar-refractivity contribution >= 4 is 12.0 Å². The molecule has 0 aromatic rings. The van der Waals surface area contributed by atoms with Crippen LogP contribution in [0.2, 0.25) is 0 Å². The van der Waals surface area contributed by atoms with E-state index in [0.29, 0.717) is 0 Å². The second-order valence-electron chi connectivity index (χ2n) is 6.87. The van der Waals surface area contributed by atoms with Crippen LogP contribution < -0.4 is 5.32 Å². The molecule has 0 aromatic carbocycles. The Morgan fingerprint density at radius 1 is 1.18 bits per heavy atom. The van der Waals surface area contributed by atoms with Crippen molar-refractivity contribution in [2.75, 3.05) is 32.7 Å². The Labute approximate surface area is 128 Å². The van der Waals surface area contributed by atoms with Crippen molar-refractivity contribution in [3.63, 3.8) is 0 Å². The van der Waals surface area contributed by atoms with Crippen molar-refractivity contribution in [1.29, 1.82) is 0 Å². The number of likely N-dealkylation sites (tertiary alicyclic amines) is 2. The van der Waals surface area contributed by atoms with E-state index in [2.05, 4.69) is 5.32 Å². The van der Waals surface area contributed by atoms with Crippen molar-refractivity contribution in [3.05, 3.63) is 0 Å². The number of amides is 2. The summed E-state index contributed by atoms with van der Waals surface area (Å²) in [7, 11) is 0. The zero-order chi connectivity index (χ0) is 16.5. The zero-order valence-electron chi connectivity index (χ0n) is 13.1. The highest BCUT2D eigenvalue weighted by molar-refractivity contribution is 5.79. The number of hydrogen-bond donors (Lipinski definition) is 1. The molecule has 6 nitrogen and oxygen atoms in total. The van der Waals surface area contributed by atoms with Gasteiger partial charge in [0.15, 0.2) is 0 Å². The molecule has 2 saturated heterocycles. The average Bonchev–Trinajstić information content (AvgIpc) is 2.67. The van der Waals surface area contributed by atoms with Crippen LogP contribution in [0.1, 0.15) is 20.8 Å². The Bertz CT molecular complexity index is 436. The maximum atomic E-state index is 13.9. The molecule has 2 atom stereocenters. The van der Waals surface area contributed by atoms with Crippen LogP contribution in [0.3, 0.4) is 0 Å². The molecule has 0 bridgehead atoms. The first-order chi connectivity index (χ1) is 10.1. The van der Waals surface area contributed by atoms with E-state index in [1.807, 2.05) is 0 Å². The highest BCUT2D eigenvalue weighted by atomic mass is 19.1. The molecule has 1 N–H and O–H groups in total. The quantitative estimate of drug-likeness (QED) is 0.832. The summed E-state index contributed by atoms with van der Waals surface area (Å²) in [5, 5.41) is 2.56. The number of hydrogen-bond acceptors (Lipinski definition) is 4. The van der Waals surface area contributed by atoms with Crippen molar-refractivity contribution in [2.24, 2.45) is 0 Å². The number of nitrogens with one attached hydrogen (secondary N) is 1. The summed E-state index contributed by atoms with van der Waals surface area (Å²) >= 11 is 0. The van der Waals surface area contributed by atoms with Crippen LogP contribution in [0.25, 0.3) is 0 Å². The van der Waals surface area contributed by atoms with Crippen LogP contribution in [-0.2, 0) is 9.53 Å². The van der Waals surface area contributed by atoms with Crippen molar-refractivity contribution in [1.82, 2.24) is 15.1 Å². The van der Waals surface area contributed by atoms with Gasteiger partial charge in [0.1, 0.15) is 17.9 Å². The molecule has 126 valence electrons. The number of rotatable bonds is 3. The molecule has 2 aliphatic rings. The van der Waals surface area contributed by atoms with Crippen LogP contribution in [-0.4, -0.2) is 78.5 Å². The van der Waals surface area contributed by atoms with E-state index in [0.717, 1.165) is 0 Å². The molecule has 2 amide bonds. The van der Waals surface area contributed by atoms with Gasteiger partial charge in [-0.1, -0.05) is 0 Å². The molecule has 0 aliphatic carbocycles. The molecule has 2 aliphatic heterocycles. The highest BCUT2D eigenvalue weighted by Gasteiger charge is 2.38. The van der Waals surface area contributed by atoms with Crippen LogP contribution >= 0.6 is 0 Å². The summed E-state index contributed by atoms with van der Waals surface area (Å²) in [4.78, 5) is 26.6. The van der Waals surface area contributed by atoms with Gasteiger partial charge in [-0.25, -0.2) is 13.6 Å². The van der Waals surface area contributed by atoms with Crippen LogP contribution in [0, 0.1) is 0 Å². The predicted octanol–water partition coefficient (Wildman–Crippen LogP) is 0.714. The van der Waals surface area contributed by atoms with Crippen molar-refractivity contribution in [3.8, 4) is 0 Å². The molecular formula is C14H23F2N3O3. The standard InChI is InChI=1S/C14H23F2N3O3/c1-14(2,3)22-13(21)19-6-10(16)11(7-19)17-12(20)8-18-4-9(15)5-18/h9-11H,4-8H2,1-3H3,(H,17,20). The normalized spacial score (nSPS) is 26.7. The fourth-order valence-corrected chi connectivity index (χ4v) is 2.47. The molecule has 2 heterocycles. The van der Waals surface area contributed by atoms with E-state index in [-0.39, 0.29) is 38.6 Å². The lowest BCUT2D eigenvalue weighted by molar-refractivity contribution is -0.125. The van der Waals surface area contributed by atoms with Gasteiger partial charge in [0.2, 0.25) is 5.91 Å². The molecule has 0 aromatic heterocycles. The summed E-state index contributed by atoms with van der Waals surface area (Å²) in [6.45, 7) is 5.71. The number of carbonyl (C=O) groups excluding carboxylic acids is 2. The van der Waals surface area contributed by atoms with E-state index in [1.165, 1.54) is 4.90 Å². The van der Waals surface area contributed by atoms with E-state index in [9.17, 15) is 18.4 Å². The monoisotopic (exact) mass is 319 g/mol. The summed E-state index contributed by atoms with van der Waals surface area (Å²) < 4.78 is 31.8. The largest absolute Gasteiger partial charge is 0.444 e. The van der Waals surface area contributed by atoms with Crippen LogP contribution in [0.4, 0.5) is 13.6 Å². The molecule has 8 heteroatoms. The number of carbonyl (C=O) groups is 2. The SMILES string of the molecule is CC(C)(C)OC(=O)N1CC(F)C(NC(=O)CN2CC(F)C2)C1. The lowest BCUT2D eigenvalue weighted by atomic mass is 10.2. The maximum Gasteiger partial charge on any atom is 0.410 e. The Balaban J connectivity index is 1.78. The van der Waals surface area contributed by atoms with E-state index in [4.69, 9.17) is 4.74 Å². The van der Waals surface area contributed by atoms with Gasteiger partial charge < -0.3 is 15.0 Å². The molecule has 0 saturated carbocycles. The molecular weight excluding hydrogens is 296 g/mol. The minimum absolute atomic E-state index is 0.0517. The zero-order valence-corrected chi connectivity index (χ0v) is 13.1. The third-order valence-electron chi connectivity index (χ3n) is 3.53. The second kappa shape index (κ2) is 6.36. The Hall–Kier alpha value is -1.44. The smallest absolute Gasteiger partial charge is 0.410 e. The molecule has 2 fully saturated rings. The van der Waals surface area contributed by atoms with Gasteiger partial charge in [0.05, 0.1) is 19.1 Å². The fraction of sp³-hybridized carbons (Fsp3) is 0.857. The van der Waals surface area contributed by atoms with Gasteiger partial charge in [0, 0.05) is 19.6 Å². The van der Waals surface area contributed by atoms with E-state index >= 15 is 0 Å². The lowest BCUT2D eigenvalue weighted by Gasteiger charge is -2.33. The van der Waals surface area contributed by atoms with Crippen LogP contribution in [0.15, 0.2) is 0 Å². The molecule has 2 unspecified atom stereocenters. The van der Waals surface area contributed by atoms with Gasteiger partial charge in [-0.15, -0.1) is 0 Å². The third kappa shape index (κ3) is 4.53. The first-order valence-corrected chi connectivity index (χ1v) is 7.42. The molecule has 0 radical (unpaired) electrons. The number of ether oxygens (including phenoxy) is 1.